The van der Waals surface area contributed by atoms with Crippen molar-refractivity contribution in [1.29, 1.82) is 0 Å². The zero-order valence-corrected chi connectivity index (χ0v) is 12.3. The number of nitrogens with one attached hydrogen (secondary N) is 1. The fourth-order valence-corrected chi connectivity index (χ4v) is 2.98. The highest BCUT2D eigenvalue weighted by atomic mass is 19.4. The van der Waals surface area contributed by atoms with Gasteiger partial charge in [-0.05, 0) is 32.1 Å². The topological polar surface area (TPSA) is 49.4 Å². The molecule has 0 bridgehead atoms. The highest BCUT2D eigenvalue weighted by Crippen LogP contribution is 2.42. The van der Waals surface area contributed by atoms with E-state index in [-0.39, 0.29) is 17.7 Å². The maximum atomic E-state index is 12.6. The first-order valence-corrected chi connectivity index (χ1v) is 7.39. The molecule has 1 aliphatic heterocycles. The van der Waals surface area contributed by atoms with Crippen LogP contribution in [-0.2, 0) is 9.59 Å². The highest BCUT2D eigenvalue weighted by molar-refractivity contribution is 6.00. The van der Waals surface area contributed by atoms with E-state index in [0.29, 0.717) is 12.8 Å². The minimum atomic E-state index is -4.33. The second-order valence-electron chi connectivity index (χ2n) is 6.13. The van der Waals surface area contributed by atoms with Gasteiger partial charge < -0.3 is 10.2 Å². The van der Waals surface area contributed by atoms with Crippen LogP contribution < -0.4 is 5.32 Å². The van der Waals surface area contributed by atoms with Gasteiger partial charge in [-0.15, -0.1) is 0 Å². The lowest BCUT2D eigenvalue weighted by Gasteiger charge is -2.45. The number of halogens is 3. The van der Waals surface area contributed by atoms with Gasteiger partial charge in [0.25, 0.3) is 0 Å². The Morgan fingerprint density at radius 3 is 2.43 bits per heavy atom. The molecule has 2 unspecified atom stereocenters. The molecule has 2 atom stereocenters. The predicted molar refractivity (Wildman–Crippen MR) is 70.4 cm³/mol. The monoisotopic (exact) mass is 306 g/mol. The fourth-order valence-electron chi connectivity index (χ4n) is 2.98. The molecule has 0 aromatic heterocycles. The van der Waals surface area contributed by atoms with Crippen molar-refractivity contribution in [3.63, 3.8) is 0 Å². The number of hydrogen-bond acceptors (Lipinski definition) is 2. The van der Waals surface area contributed by atoms with E-state index in [0.717, 1.165) is 17.7 Å². The van der Waals surface area contributed by atoms with Crippen LogP contribution in [0.15, 0.2) is 0 Å². The van der Waals surface area contributed by atoms with Crippen molar-refractivity contribution in [3.8, 4) is 0 Å². The number of carbonyl (C=O) groups is 2. The van der Waals surface area contributed by atoms with E-state index >= 15 is 0 Å². The number of piperazine rings is 1. The fraction of sp³-hybridized carbons (Fsp3) is 0.857. The largest absolute Gasteiger partial charge is 0.390 e. The highest BCUT2D eigenvalue weighted by Gasteiger charge is 2.55. The van der Waals surface area contributed by atoms with Crippen LogP contribution in [0.5, 0.6) is 0 Å². The second-order valence-corrected chi connectivity index (χ2v) is 6.13. The van der Waals surface area contributed by atoms with Crippen LogP contribution in [-0.4, -0.2) is 41.0 Å². The Hall–Kier alpha value is -1.27. The first-order chi connectivity index (χ1) is 9.69. The summed E-state index contributed by atoms with van der Waals surface area (Å²) in [5.74, 6) is -0.648. The molecule has 120 valence electrons. The minimum Gasteiger partial charge on any atom is -0.340 e. The Bertz CT molecular complexity index is 434. The number of amides is 2. The maximum Gasteiger partial charge on any atom is 0.390 e. The molecule has 2 rings (SSSR count). The Kier molecular flexibility index (Phi) is 4.22. The zero-order chi connectivity index (χ0) is 15.8. The van der Waals surface area contributed by atoms with E-state index in [2.05, 4.69) is 5.32 Å². The number of carbonyl (C=O) groups excluding carboxylic acids is 2. The van der Waals surface area contributed by atoms with Crippen LogP contribution in [0.1, 0.15) is 46.0 Å². The van der Waals surface area contributed by atoms with Gasteiger partial charge in [0.1, 0.15) is 11.6 Å². The molecule has 4 nitrogen and oxygen atoms in total. The van der Waals surface area contributed by atoms with Crippen molar-refractivity contribution in [2.24, 2.45) is 5.92 Å². The van der Waals surface area contributed by atoms with E-state index in [1.54, 1.807) is 6.92 Å². The zero-order valence-electron chi connectivity index (χ0n) is 12.3. The molecule has 21 heavy (non-hydrogen) atoms. The second kappa shape index (κ2) is 5.50. The van der Waals surface area contributed by atoms with E-state index in [1.165, 1.54) is 0 Å². The van der Waals surface area contributed by atoms with Gasteiger partial charge in [-0.3, -0.25) is 9.59 Å². The lowest BCUT2D eigenvalue weighted by molar-refractivity contribution is -0.163. The van der Waals surface area contributed by atoms with Crippen molar-refractivity contribution in [1.82, 2.24) is 10.2 Å². The van der Waals surface area contributed by atoms with Crippen LogP contribution in [0, 0.1) is 5.92 Å². The molecule has 0 radical (unpaired) electrons. The molecule has 1 N–H and O–H groups in total. The van der Waals surface area contributed by atoms with Crippen molar-refractivity contribution in [2.45, 2.75) is 63.7 Å². The third-order valence-corrected chi connectivity index (χ3v) is 4.36. The summed E-state index contributed by atoms with van der Waals surface area (Å²) in [7, 11) is 0. The average molecular weight is 306 g/mol. The normalized spacial score (nSPS) is 30.5. The molecule has 2 fully saturated rings. The number of alkyl halides is 3. The molecule has 1 aliphatic carbocycles. The summed E-state index contributed by atoms with van der Waals surface area (Å²) in [5.41, 5.74) is -1.03. The molecule has 1 heterocycles. The Morgan fingerprint density at radius 2 is 1.95 bits per heavy atom. The lowest BCUT2D eigenvalue weighted by atomic mass is 9.88. The molecule has 0 aromatic carbocycles. The predicted octanol–water partition coefficient (Wildman–Crippen LogP) is 2.23. The molecule has 7 heteroatoms. The lowest BCUT2D eigenvalue weighted by Crippen LogP contribution is -2.70. The summed E-state index contributed by atoms with van der Waals surface area (Å²) in [4.78, 5) is 26.0. The quantitative estimate of drug-likeness (QED) is 0.847. The van der Waals surface area contributed by atoms with Crippen LogP contribution in [0.4, 0.5) is 13.2 Å². The van der Waals surface area contributed by atoms with E-state index < -0.39 is 30.7 Å². The van der Waals surface area contributed by atoms with Gasteiger partial charge in [0.15, 0.2) is 0 Å². The standard InChI is InChI=1S/C14H21F3N2O2/c1-3-4-10-11(20)18-13(2,9-5-6-9)12(21)19(10)8-7-14(15,16)17/h9-10H,3-8H2,1-2H3,(H,18,20). The number of hydrogen-bond donors (Lipinski definition) is 1. The summed E-state index contributed by atoms with van der Waals surface area (Å²) in [6.45, 7) is 3.03. The maximum absolute atomic E-state index is 12.6. The van der Waals surface area contributed by atoms with E-state index in [9.17, 15) is 22.8 Å². The van der Waals surface area contributed by atoms with Crippen LogP contribution in [0.3, 0.4) is 0 Å². The van der Waals surface area contributed by atoms with Gasteiger partial charge in [0.05, 0.1) is 6.42 Å². The molecular weight excluding hydrogens is 285 g/mol. The van der Waals surface area contributed by atoms with Crippen LogP contribution in [0.25, 0.3) is 0 Å². The number of nitrogens with zero attached hydrogens (tertiary/aromatic N) is 1. The van der Waals surface area contributed by atoms with E-state index in [4.69, 9.17) is 0 Å². The van der Waals surface area contributed by atoms with Crippen LogP contribution in [0.2, 0.25) is 0 Å². The Morgan fingerprint density at radius 1 is 1.33 bits per heavy atom. The van der Waals surface area contributed by atoms with Crippen molar-refractivity contribution in [2.75, 3.05) is 6.54 Å². The van der Waals surface area contributed by atoms with E-state index in [1.807, 2.05) is 6.92 Å². The van der Waals surface area contributed by atoms with Crippen molar-refractivity contribution in [3.05, 3.63) is 0 Å². The van der Waals surface area contributed by atoms with Gasteiger partial charge in [0.2, 0.25) is 11.8 Å². The Labute approximate surface area is 122 Å². The summed E-state index contributed by atoms with van der Waals surface area (Å²) in [5, 5.41) is 2.76. The summed E-state index contributed by atoms with van der Waals surface area (Å²) >= 11 is 0. The smallest absolute Gasteiger partial charge is 0.340 e. The third-order valence-electron chi connectivity index (χ3n) is 4.36. The molecular formula is C14H21F3N2O2. The Balaban J connectivity index is 2.20. The third kappa shape index (κ3) is 3.32. The summed E-state index contributed by atoms with van der Waals surface area (Å²) in [6, 6.07) is -0.781. The first-order valence-electron chi connectivity index (χ1n) is 7.39. The molecule has 0 spiro atoms. The van der Waals surface area contributed by atoms with Gasteiger partial charge in [0, 0.05) is 6.54 Å². The summed E-state index contributed by atoms with van der Waals surface area (Å²) < 4.78 is 37.4. The van der Waals surface area contributed by atoms with Crippen LogP contribution >= 0.6 is 0 Å². The van der Waals surface area contributed by atoms with Gasteiger partial charge >= 0.3 is 6.18 Å². The molecule has 0 aromatic rings. The molecule has 2 aliphatic rings. The SMILES string of the molecule is CCCC1C(=O)NC(C)(C2CC2)C(=O)N1CCC(F)(F)F. The summed E-state index contributed by atoms with van der Waals surface area (Å²) in [6.07, 6.45) is -2.74. The number of rotatable bonds is 5. The van der Waals surface area contributed by atoms with Gasteiger partial charge in [-0.1, -0.05) is 13.3 Å². The molecule has 2 amide bonds. The molecule has 1 saturated carbocycles. The van der Waals surface area contributed by atoms with Crippen molar-refractivity contribution < 1.29 is 22.8 Å². The average Bonchev–Trinajstić information content (AvgIpc) is 3.18. The first kappa shape index (κ1) is 16.1. The minimum absolute atomic E-state index is 0.0462. The van der Waals surface area contributed by atoms with Gasteiger partial charge in [-0.2, -0.15) is 13.2 Å². The molecule has 1 saturated heterocycles. The van der Waals surface area contributed by atoms with Crippen molar-refractivity contribution >= 4 is 11.8 Å². The van der Waals surface area contributed by atoms with Gasteiger partial charge in [-0.25, -0.2) is 0 Å².